The number of carbonyl (C=O) groups excluding carboxylic acids is 2. The summed E-state index contributed by atoms with van der Waals surface area (Å²) < 4.78 is 5.42. The van der Waals surface area contributed by atoms with Gasteiger partial charge in [-0.1, -0.05) is 78.9 Å². The lowest BCUT2D eigenvalue weighted by atomic mass is 10.1. The molecule has 0 saturated heterocycles. The highest BCUT2D eigenvalue weighted by Crippen LogP contribution is 2.23. The summed E-state index contributed by atoms with van der Waals surface area (Å²) in [7, 11) is 1.56. The monoisotopic (exact) mass is 388 g/mol. The molecule has 0 aliphatic heterocycles. The fourth-order valence-electron chi connectivity index (χ4n) is 3.08. The van der Waals surface area contributed by atoms with E-state index in [1.165, 1.54) is 0 Å². The number of carbonyl (C=O) groups is 2. The highest BCUT2D eigenvalue weighted by Gasteiger charge is 2.20. The molecule has 0 atom stereocenters. The van der Waals surface area contributed by atoms with E-state index in [4.69, 9.17) is 4.74 Å². The van der Waals surface area contributed by atoms with Crippen molar-refractivity contribution in [3.05, 3.63) is 102 Å². The molecule has 0 fully saturated rings. The molecule has 0 aliphatic carbocycles. The highest BCUT2D eigenvalue weighted by atomic mass is 16.5. The van der Waals surface area contributed by atoms with Gasteiger partial charge in [-0.25, -0.2) is 0 Å². The quantitative estimate of drug-likeness (QED) is 0.581. The number of amides is 2. The number of hydrogen-bond donors (Lipinski definition) is 2. The van der Waals surface area contributed by atoms with Crippen molar-refractivity contribution in [2.75, 3.05) is 7.11 Å². The zero-order valence-corrected chi connectivity index (χ0v) is 16.3. The van der Waals surface area contributed by atoms with Gasteiger partial charge in [0.2, 0.25) is 11.8 Å². The average Bonchev–Trinajstić information content (AvgIpc) is 2.74. The first-order valence-electron chi connectivity index (χ1n) is 9.45. The second-order valence-corrected chi connectivity index (χ2v) is 6.63. The molecule has 0 aliphatic rings. The lowest BCUT2D eigenvalue weighted by molar-refractivity contribution is -0.123. The first-order valence-corrected chi connectivity index (χ1v) is 9.45. The van der Waals surface area contributed by atoms with Gasteiger partial charge >= 0.3 is 0 Å². The van der Waals surface area contributed by atoms with Crippen molar-refractivity contribution in [2.24, 2.45) is 0 Å². The number of para-hydroxylation sites is 1. The van der Waals surface area contributed by atoms with Gasteiger partial charge in [-0.3, -0.25) is 9.59 Å². The summed E-state index contributed by atoms with van der Waals surface area (Å²) in [5.74, 6) is 0.219. The van der Waals surface area contributed by atoms with Gasteiger partial charge in [-0.05, 0) is 17.2 Å². The fraction of sp³-hybridized carbons (Fsp3) is 0.167. The summed E-state index contributed by atoms with van der Waals surface area (Å²) in [5, 5.41) is 5.84. The van der Waals surface area contributed by atoms with Gasteiger partial charge in [0.1, 0.15) is 11.9 Å². The fourth-order valence-corrected chi connectivity index (χ4v) is 3.08. The Kier molecular flexibility index (Phi) is 7.00. The SMILES string of the molecule is COc1ccccc1C(NC(=O)Cc1ccccc1)NC(=O)Cc1ccccc1. The van der Waals surface area contributed by atoms with Crippen LogP contribution in [0, 0.1) is 0 Å². The minimum Gasteiger partial charge on any atom is -0.496 e. The van der Waals surface area contributed by atoms with E-state index in [0.29, 0.717) is 11.3 Å². The molecule has 3 rings (SSSR count). The lowest BCUT2D eigenvalue weighted by Gasteiger charge is -2.23. The van der Waals surface area contributed by atoms with Crippen LogP contribution in [0.25, 0.3) is 0 Å². The maximum atomic E-state index is 12.6. The Bertz CT molecular complexity index is 887. The average molecular weight is 388 g/mol. The van der Waals surface area contributed by atoms with E-state index < -0.39 is 6.17 Å². The van der Waals surface area contributed by atoms with Crippen LogP contribution in [-0.2, 0) is 22.4 Å². The summed E-state index contributed by atoms with van der Waals surface area (Å²) in [4.78, 5) is 25.3. The molecular weight excluding hydrogens is 364 g/mol. The smallest absolute Gasteiger partial charge is 0.226 e. The Labute approximate surface area is 170 Å². The van der Waals surface area contributed by atoms with Crippen LogP contribution in [-0.4, -0.2) is 18.9 Å². The third kappa shape index (κ3) is 5.94. The topological polar surface area (TPSA) is 67.4 Å². The van der Waals surface area contributed by atoms with E-state index in [9.17, 15) is 9.59 Å². The molecule has 3 aromatic rings. The van der Waals surface area contributed by atoms with Crippen molar-refractivity contribution in [1.82, 2.24) is 10.6 Å². The molecule has 29 heavy (non-hydrogen) atoms. The van der Waals surface area contributed by atoms with E-state index in [1.807, 2.05) is 78.9 Å². The molecule has 2 N–H and O–H groups in total. The highest BCUT2D eigenvalue weighted by molar-refractivity contribution is 5.82. The molecule has 0 bridgehead atoms. The van der Waals surface area contributed by atoms with E-state index in [1.54, 1.807) is 13.2 Å². The second kappa shape index (κ2) is 10.1. The van der Waals surface area contributed by atoms with Gasteiger partial charge in [0.15, 0.2) is 0 Å². The number of nitrogens with one attached hydrogen (secondary N) is 2. The van der Waals surface area contributed by atoms with E-state index in [0.717, 1.165) is 11.1 Å². The molecular formula is C24H24N2O3. The molecule has 0 aromatic heterocycles. The zero-order chi connectivity index (χ0) is 20.5. The second-order valence-electron chi connectivity index (χ2n) is 6.63. The van der Waals surface area contributed by atoms with Gasteiger partial charge < -0.3 is 15.4 Å². The van der Waals surface area contributed by atoms with Crippen molar-refractivity contribution >= 4 is 11.8 Å². The Morgan fingerprint density at radius 2 is 1.17 bits per heavy atom. The van der Waals surface area contributed by atoms with Crippen molar-refractivity contribution in [3.8, 4) is 5.75 Å². The van der Waals surface area contributed by atoms with Gasteiger partial charge in [0, 0.05) is 5.56 Å². The molecule has 0 heterocycles. The summed E-state index contributed by atoms with van der Waals surface area (Å²) in [5.41, 5.74) is 2.50. The van der Waals surface area contributed by atoms with Gasteiger partial charge in [-0.15, -0.1) is 0 Å². The Balaban J connectivity index is 1.76. The van der Waals surface area contributed by atoms with Crippen LogP contribution in [0.15, 0.2) is 84.9 Å². The third-order valence-corrected chi connectivity index (χ3v) is 4.48. The normalized spacial score (nSPS) is 10.4. The predicted molar refractivity (Wildman–Crippen MR) is 112 cm³/mol. The molecule has 3 aromatic carbocycles. The maximum absolute atomic E-state index is 12.6. The van der Waals surface area contributed by atoms with Crippen molar-refractivity contribution in [3.63, 3.8) is 0 Å². The largest absolute Gasteiger partial charge is 0.496 e. The maximum Gasteiger partial charge on any atom is 0.226 e. The molecule has 2 amide bonds. The number of hydrogen-bond acceptors (Lipinski definition) is 3. The minimum atomic E-state index is -0.696. The minimum absolute atomic E-state index is 0.188. The van der Waals surface area contributed by atoms with Crippen molar-refractivity contribution in [2.45, 2.75) is 19.0 Å². The summed E-state index contributed by atoms with van der Waals surface area (Å²) in [6.07, 6.45) is -0.249. The van der Waals surface area contributed by atoms with Crippen LogP contribution in [0.4, 0.5) is 0 Å². The molecule has 148 valence electrons. The zero-order valence-electron chi connectivity index (χ0n) is 16.3. The summed E-state index contributed by atoms with van der Waals surface area (Å²) in [6, 6.07) is 26.3. The predicted octanol–water partition coefficient (Wildman–Crippen LogP) is 3.41. The molecule has 0 saturated carbocycles. The van der Waals surface area contributed by atoms with Crippen LogP contribution < -0.4 is 15.4 Å². The van der Waals surface area contributed by atoms with E-state index in [2.05, 4.69) is 10.6 Å². The van der Waals surface area contributed by atoms with E-state index in [-0.39, 0.29) is 24.7 Å². The lowest BCUT2D eigenvalue weighted by Crippen LogP contribution is -2.42. The van der Waals surface area contributed by atoms with Crippen LogP contribution >= 0.6 is 0 Å². The standard InChI is InChI=1S/C24H24N2O3/c1-29-21-15-9-8-14-20(21)24(25-22(27)16-18-10-4-2-5-11-18)26-23(28)17-19-12-6-3-7-13-19/h2-15,24H,16-17H2,1H3,(H,25,27)(H,26,28). The molecule has 5 nitrogen and oxygen atoms in total. The molecule has 5 heteroatoms. The van der Waals surface area contributed by atoms with Gasteiger partial charge in [0.25, 0.3) is 0 Å². The van der Waals surface area contributed by atoms with Gasteiger partial charge in [-0.2, -0.15) is 0 Å². The summed E-state index contributed by atoms with van der Waals surface area (Å²) in [6.45, 7) is 0. The number of rotatable bonds is 8. The Morgan fingerprint density at radius 1 is 0.724 bits per heavy atom. The van der Waals surface area contributed by atoms with Crippen LogP contribution in [0.3, 0.4) is 0 Å². The van der Waals surface area contributed by atoms with Crippen molar-refractivity contribution in [1.29, 1.82) is 0 Å². The summed E-state index contributed by atoms with van der Waals surface area (Å²) >= 11 is 0. The molecule has 0 radical (unpaired) electrons. The van der Waals surface area contributed by atoms with Crippen LogP contribution in [0.5, 0.6) is 5.75 Å². The molecule has 0 spiro atoms. The molecule has 0 unspecified atom stereocenters. The number of methoxy groups -OCH3 is 1. The first-order chi connectivity index (χ1) is 14.2. The number of benzene rings is 3. The van der Waals surface area contributed by atoms with Crippen LogP contribution in [0.1, 0.15) is 22.9 Å². The van der Waals surface area contributed by atoms with Crippen molar-refractivity contribution < 1.29 is 14.3 Å². The van der Waals surface area contributed by atoms with Gasteiger partial charge in [0.05, 0.1) is 20.0 Å². The van der Waals surface area contributed by atoms with E-state index >= 15 is 0 Å². The van der Waals surface area contributed by atoms with Crippen LogP contribution in [0.2, 0.25) is 0 Å². The number of ether oxygens (including phenoxy) is 1. The Hall–Kier alpha value is -3.60. The third-order valence-electron chi connectivity index (χ3n) is 4.48. The first kappa shape index (κ1) is 20.1. The Morgan fingerprint density at radius 3 is 1.66 bits per heavy atom.